The summed E-state index contributed by atoms with van der Waals surface area (Å²) in [4.78, 5) is 21.9. The smallest absolute Gasteiger partial charge is 0.321 e. The predicted molar refractivity (Wildman–Crippen MR) is 92.1 cm³/mol. The summed E-state index contributed by atoms with van der Waals surface area (Å²) in [5.41, 5.74) is 6.75. The van der Waals surface area contributed by atoms with Crippen LogP contribution in [0, 0.1) is 0 Å². The first-order valence-electron chi connectivity index (χ1n) is 7.48. The molecule has 0 heterocycles. The molecular formula is C17H18N2O5S. The van der Waals surface area contributed by atoms with Crippen LogP contribution in [0.5, 0.6) is 0 Å². The highest BCUT2D eigenvalue weighted by Crippen LogP contribution is 2.21. The van der Waals surface area contributed by atoms with E-state index in [0.29, 0.717) is 0 Å². The molecule has 2 aromatic carbocycles. The summed E-state index contributed by atoms with van der Waals surface area (Å²) in [6, 6.07) is 14.1. The predicted octanol–water partition coefficient (Wildman–Crippen LogP) is 1.35. The number of primary amides is 1. The Hall–Kier alpha value is -2.71. The van der Waals surface area contributed by atoms with Crippen LogP contribution in [-0.4, -0.2) is 31.4 Å². The summed E-state index contributed by atoms with van der Waals surface area (Å²) in [7, 11) is -4.03. The number of sulfonamides is 1. The lowest BCUT2D eigenvalue weighted by Gasteiger charge is -2.14. The molecule has 0 unspecified atom stereocenters. The minimum Gasteiger partial charge on any atom is -0.480 e. The van der Waals surface area contributed by atoms with E-state index in [-0.39, 0.29) is 17.7 Å². The maximum Gasteiger partial charge on any atom is 0.321 e. The van der Waals surface area contributed by atoms with E-state index in [2.05, 4.69) is 4.72 Å². The Balaban J connectivity index is 2.18. The number of benzene rings is 2. The maximum absolute atomic E-state index is 12.3. The van der Waals surface area contributed by atoms with Crippen molar-refractivity contribution >= 4 is 21.9 Å². The van der Waals surface area contributed by atoms with Crippen molar-refractivity contribution in [2.45, 2.75) is 23.8 Å². The second-order valence-corrected chi connectivity index (χ2v) is 7.12. The van der Waals surface area contributed by atoms with Crippen LogP contribution in [0.2, 0.25) is 0 Å². The number of hydrogen-bond donors (Lipinski definition) is 3. The highest BCUT2D eigenvalue weighted by Gasteiger charge is 2.25. The number of carboxylic acids is 1. The first-order chi connectivity index (χ1) is 11.8. The van der Waals surface area contributed by atoms with Gasteiger partial charge in [-0.25, -0.2) is 8.42 Å². The van der Waals surface area contributed by atoms with E-state index in [1.807, 2.05) is 30.3 Å². The average Bonchev–Trinajstić information content (AvgIpc) is 2.59. The summed E-state index contributed by atoms with van der Waals surface area (Å²) < 4.78 is 26.8. The van der Waals surface area contributed by atoms with Gasteiger partial charge in [-0.3, -0.25) is 9.59 Å². The van der Waals surface area contributed by atoms with Gasteiger partial charge in [0.05, 0.1) is 4.90 Å². The number of nitrogens with one attached hydrogen (secondary N) is 1. The minimum atomic E-state index is -4.03. The van der Waals surface area contributed by atoms with Crippen LogP contribution in [0.15, 0.2) is 59.5 Å². The Morgan fingerprint density at radius 2 is 1.56 bits per heavy atom. The second-order valence-electron chi connectivity index (χ2n) is 5.41. The van der Waals surface area contributed by atoms with E-state index < -0.39 is 27.9 Å². The standard InChI is InChI=1S/C17H18N2O5S/c18-16(20)11-10-15(17(21)22)19-25(23,24)14-8-6-13(7-9-14)12-4-2-1-3-5-12/h1-9,15,19H,10-11H2,(H2,18,20)(H,21,22)/t15-/m1/s1. The Labute approximate surface area is 145 Å². The fraction of sp³-hybridized carbons (Fsp3) is 0.176. The lowest BCUT2D eigenvalue weighted by Crippen LogP contribution is -2.41. The van der Waals surface area contributed by atoms with Crippen LogP contribution in [-0.2, 0) is 19.6 Å². The van der Waals surface area contributed by atoms with E-state index in [9.17, 15) is 18.0 Å². The van der Waals surface area contributed by atoms with Gasteiger partial charge in [0.2, 0.25) is 15.9 Å². The Bertz CT molecular complexity index is 848. The molecular weight excluding hydrogens is 344 g/mol. The van der Waals surface area contributed by atoms with E-state index in [1.165, 1.54) is 12.1 Å². The van der Waals surface area contributed by atoms with Crippen molar-refractivity contribution in [1.29, 1.82) is 0 Å². The monoisotopic (exact) mass is 362 g/mol. The Kier molecular flexibility index (Phi) is 5.89. The average molecular weight is 362 g/mol. The van der Waals surface area contributed by atoms with Gasteiger partial charge in [0, 0.05) is 6.42 Å². The molecule has 8 heteroatoms. The number of carboxylic acid groups (broad SMARTS) is 1. The van der Waals surface area contributed by atoms with Gasteiger partial charge in [-0.05, 0) is 29.7 Å². The van der Waals surface area contributed by atoms with E-state index in [0.717, 1.165) is 11.1 Å². The zero-order chi connectivity index (χ0) is 18.4. The van der Waals surface area contributed by atoms with Crippen LogP contribution in [0.1, 0.15) is 12.8 Å². The van der Waals surface area contributed by atoms with Gasteiger partial charge in [-0.1, -0.05) is 42.5 Å². The van der Waals surface area contributed by atoms with Crippen LogP contribution < -0.4 is 10.5 Å². The molecule has 0 fully saturated rings. The quantitative estimate of drug-likeness (QED) is 0.653. The minimum absolute atomic E-state index is 0.0579. The lowest BCUT2D eigenvalue weighted by molar-refractivity contribution is -0.139. The summed E-state index contributed by atoms with van der Waals surface area (Å²) in [6.45, 7) is 0. The molecule has 4 N–H and O–H groups in total. The molecule has 2 aromatic rings. The van der Waals surface area contributed by atoms with E-state index in [4.69, 9.17) is 10.8 Å². The fourth-order valence-corrected chi connectivity index (χ4v) is 3.46. The first kappa shape index (κ1) is 18.6. The van der Waals surface area contributed by atoms with Crippen molar-refractivity contribution in [3.05, 3.63) is 54.6 Å². The number of aliphatic carboxylic acids is 1. The van der Waals surface area contributed by atoms with Crippen LogP contribution >= 0.6 is 0 Å². The van der Waals surface area contributed by atoms with Gasteiger partial charge in [0.1, 0.15) is 6.04 Å². The molecule has 1 amide bonds. The molecule has 0 radical (unpaired) electrons. The normalized spacial score (nSPS) is 12.5. The molecule has 0 aliphatic heterocycles. The van der Waals surface area contributed by atoms with Crippen LogP contribution in [0.3, 0.4) is 0 Å². The van der Waals surface area contributed by atoms with Gasteiger partial charge in [0.25, 0.3) is 0 Å². The summed E-state index contributed by atoms with van der Waals surface area (Å²) in [5.74, 6) is -2.07. The molecule has 0 saturated heterocycles. The van der Waals surface area contributed by atoms with Crippen molar-refractivity contribution in [2.24, 2.45) is 5.73 Å². The zero-order valence-electron chi connectivity index (χ0n) is 13.3. The third-order valence-electron chi connectivity index (χ3n) is 3.55. The van der Waals surface area contributed by atoms with Crippen LogP contribution in [0.4, 0.5) is 0 Å². The molecule has 7 nitrogen and oxygen atoms in total. The number of hydrogen-bond acceptors (Lipinski definition) is 4. The van der Waals surface area contributed by atoms with Gasteiger partial charge in [-0.2, -0.15) is 4.72 Å². The van der Waals surface area contributed by atoms with Gasteiger partial charge < -0.3 is 10.8 Å². The largest absolute Gasteiger partial charge is 0.480 e. The van der Waals surface area contributed by atoms with Crippen LogP contribution in [0.25, 0.3) is 11.1 Å². The fourth-order valence-electron chi connectivity index (χ4n) is 2.23. The third-order valence-corrected chi connectivity index (χ3v) is 5.03. The number of carbonyl (C=O) groups excluding carboxylic acids is 1. The van der Waals surface area contributed by atoms with Crippen molar-refractivity contribution in [1.82, 2.24) is 4.72 Å². The molecule has 2 rings (SSSR count). The molecule has 0 saturated carbocycles. The van der Waals surface area contributed by atoms with Crippen molar-refractivity contribution < 1.29 is 23.1 Å². The molecule has 0 spiro atoms. The number of rotatable bonds is 8. The van der Waals surface area contributed by atoms with Crippen molar-refractivity contribution in [3.63, 3.8) is 0 Å². The zero-order valence-corrected chi connectivity index (χ0v) is 14.1. The molecule has 0 aliphatic carbocycles. The lowest BCUT2D eigenvalue weighted by atomic mass is 10.1. The number of amides is 1. The third kappa shape index (κ3) is 5.13. The van der Waals surface area contributed by atoms with Crippen molar-refractivity contribution in [2.75, 3.05) is 0 Å². The van der Waals surface area contributed by atoms with E-state index in [1.54, 1.807) is 12.1 Å². The topological polar surface area (TPSA) is 127 Å². The molecule has 132 valence electrons. The summed E-state index contributed by atoms with van der Waals surface area (Å²) in [6.07, 6.45) is -0.446. The van der Waals surface area contributed by atoms with E-state index >= 15 is 0 Å². The maximum atomic E-state index is 12.3. The van der Waals surface area contributed by atoms with Gasteiger partial charge in [-0.15, -0.1) is 0 Å². The van der Waals surface area contributed by atoms with Gasteiger partial charge >= 0.3 is 5.97 Å². The first-order valence-corrected chi connectivity index (χ1v) is 8.97. The SMILES string of the molecule is NC(=O)CC[C@@H](NS(=O)(=O)c1ccc(-c2ccccc2)cc1)C(=O)O. The van der Waals surface area contributed by atoms with Crippen molar-refractivity contribution in [3.8, 4) is 11.1 Å². The summed E-state index contributed by atoms with van der Waals surface area (Å²) in [5, 5.41) is 9.11. The molecule has 0 bridgehead atoms. The highest BCUT2D eigenvalue weighted by atomic mass is 32.2. The molecule has 25 heavy (non-hydrogen) atoms. The van der Waals surface area contributed by atoms with Gasteiger partial charge in [0.15, 0.2) is 0 Å². The second kappa shape index (κ2) is 7.91. The Morgan fingerprint density at radius 3 is 2.08 bits per heavy atom. The highest BCUT2D eigenvalue weighted by molar-refractivity contribution is 7.89. The molecule has 1 atom stereocenters. The summed E-state index contributed by atoms with van der Waals surface area (Å²) >= 11 is 0. The Morgan fingerprint density at radius 1 is 1.00 bits per heavy atom. The molecule has 0 aliphatic rings. The molecule has 0 aromatic heterocycles. The number of nitrogens with two attached hydrogens (primary N) is 1. The number of carbonyl (C=O) groups is 2.